The van der Waals surface area contributed by atoms with Gasteiger partial charge < -0.3 is 20.8 Å². The van der Waals surface area contributed by atoms with Gasteiger partial charge in [-0.15, -0.1) is 0 Å². The Hall–Kier alpha value is -1.30. The lowest BCUT2D eigenvalue weighted by molar-refractivity contribution is -0.137. The minimum atomic E-state index is -0.856. The van der Waals surface area contributed by atoms with E-state index in [-0.39, 0.29) is 30.6 Å². The molecule has 0 spiro atoms. The molecule has 1 unspecified atom stereocenters. The fourth-order valence-corrected chi connectivity index (χ4v) is 2.08. The average Bonchev–Trinajstić information content (AvgIpc) is 2.29. The molecule has 1 aliphatic carbocycles. The van der Waals surface area contributed by atoms with Gasteiger partial charge in [0.05, 0.1) is 6.10 Å². The first kappa shape index (κ1) is 14.8. The zero-order valence-corrected chi connectivity index (χ0v) is 10.7. The molecule has 0 aromatic carbocycles. The maximum atomic E-state index is 11.6. The van der Waals surface area contributed by atoms with Crippen molar-refractivity contribution in [2.75, 3.05) is 0 Å². The molecule has 18 heavy (non-hydrogen) atoms. The highest BCUT2D eigenvalue weighted by Gasteiger charge is 2.21. The van der Waals surface area contributed by atoms with Gasteiger partial charge in [-0.3, -0.25) is 4.79 Å². The quantitative estimate of drug-likeness (QED) is 0.587. The molecule has 6 nitrogen and oxygen atoms in total. The molecule has 0 saturated heterocycles. The summed E-state index contributed by atoms with van der Waals surface area (Å²) >= 11 is 0. The molecule has 6 heteroatoms. The van der Waals surface area contributed by atoms with Crippen molar-refractivity contribution in [1.82, 2.24) is 10.6 Å². The van der Waals surface area contributed by atoms with Crippen LogP contribution in [0.3, 0.4) is 0 Å². The maximum absolute atomic E-state index is 11.6. The molecular weight excluding hydrogens is 236 g/mol. The van der Waals surface area contributed by atoms with E-state index < -0.39 is 5.97 Å². The lowest BCUT2D eigenvalue weighted by Crippen LogP contribution is -2.46. The minimum absolute atomic E-state index is 0.0526. The van der Waals surface area contributed by atoms with Crippen molar-refractivity contribution in [2.24, 2.45) is 0 Å². The van der Waals surface area contributed by atoms with Crippen molar-refractivity contribution in [1.29, 1.82) is 0 Å². The minimum Gasteiger partial charge on any atom is -0.481 e. The Kier molecular flexibility index (Phi) is 5.91. The van der Waals surface area contributed by atoms with Crippen LogP contribution in [0.1, 0.15) is 45.4 Å². The van der Waals surface area contributed by atoms with Gasteiger partial charge in [0.25, 0.3) is 0 Å². The fraction of sp³-hybridized carbons (Fsp3) is 0.833. The Balaban J connectivity index is 2.18. The Bertz CT molecular complexity index is 288. The Morgan fingerprint density at radius 1 is 1.28 bits per heavy atom. The fourth-order valence-electron chi connectivity index (χ4n) is 2.08. The van der Waals surface area contributed by atoms with Crippen molar-refractivity contribution in [2.45, 2.75) is 63.6 Å². The number of aliphatic hydroxyl groups excluding tert-OH is 1. The highest BCUT2D eigenvalue weighted by Crippen LogP contribution is 2.18. The predicted octanol–water partition coefficient (Wildman–Crippen LogP) is 0.842. The number of carboxylic acids is 1. The van der Waals surface area contributed by atoms with Crippen LogP contribution < -0.4 is 10.6 Å². The zero-order chi connectivity index (χ0) is 13.5. The number of rotatable bonds is 5. The third-order valence-electron chi connectivity index (χ3n) is 3.20. The van der Waals surface area contributed by atoms with Crippen molar-refractivity contribution >= 4 is 12.0 Å². The van der Waals surface area contributed by atoms with E-state index in [1.165, 1.54) is 0 Å². The molecule has 1 saturated carbocycles. The summed E-state index contributed by atoms with van der Waals surface area (Å²) in [5, 5.41) is 23.4. The standard InChI is InChI=1S/C12H22N2O4/c1-8(2-7-11(16)17)13-12(18)14-9-3-5-10(15)6-4-9/h8-10,15H,2-7H2,1H3,(H,16,17)(H2,13,14,18). The van der Waals surface area contributed by atoms with Crippen LogP contribution in [-0.2, 0) is 4.79 Å². The largest absolute Gasteiger partial charge is 0.481 e. The first-order valence-corrected chi connectivity index (χ1v) is 6.44. The number of carbonyl (C=O) groups excluding carboxylic acids is 1. The van der Waals surface area contributed by atoms with Gasteiger partial charge in [0.2, 0.25) is 0 Å². The number of aliphatic carboxylic acids is 1. The molecule has 1 fully saturated rings. The van der Waals surface area contributed by atoms with Gasteiger partial charge in [-0.25, -0.2) is 4.79 Å². The topological polar surface area (TPSA) is 98.7 Å². The third kappa shape index (κ3) is 5.86. The van der Waals surface area contributed by atoms with Crippen molar-refractivity contribution in [3.8, 4) is 0 Å². The number of nitrogens with one attached hydrogen (secondary N) is 2. The Morgan fingerprint density at radius 2 is 1.89 bits per heavy atom. The molecule has 0 bridgehead atoms. The van der Waals surface area contributed by atoms with Crippen molar-refractivity contribution in [3.05, 3.63) is 0 Å². The molecule has 4 N–H and O–H groups in total. The van der Waals surface area contributed by atoms with Gasteiger partial charge in [0, 0.05) is 18.5 Å². The second-order valence-corrected chi connectivity index (χ2v) is 4.96. The van der Waals surface area contributed by atoms with Crippen LogP contribution in [0.15, 0.2) is 0 Å². The molecule has 2 amide bonds. The summed E-state index contributed by atoms with van der Waals surface area (Å²) in [6.45, 7) is 1.78. The Morgan fingerprint density at radius 3 is 2.44 bits per heavy atom. The van der Waals surface area contributed by atoms with Gasteiger partial charge in [0.15, 0.2) is 0 Å². The average molecular weight is 258 g/mol. The second-order valence-electron chi connectivity index (χ2n) is 4.96. The summed E-state index contributed by atoms with van der Waals surface area (Å²) in [5.74, 6) is -0.856. The molecule has 0 aromatic heterocycles. The van der Waals surface area contributed by atoms with Crippen LogP contribution in [0.4, 0.5) is 4.79 Å². The molecule has 1 atom stereocenters. The number of hydrogen-bond acceptors (Lipinski definition) is 3. The number of carboxylic acid groups (broad SMARTS) is 1. The van der Waals surface area contributed by atoms with Gasteiger partial charge in [-0.1, -0.05) is 0 Å². The van der Waals surface area contributed by atoms with Crippen LogP contribution in [0, 0.1) is 0 Å². The van der Waals surface area contributed by atoms with Gasteiger partial charge >= 0.3 is 12.0 Å². The van der Waals surface area contributed by atoms with Crippen molar-refractivity contribution < 1.29 is 19.8 Å². The number of hydrogen-bond donors (Lipinski definition) is 4. The van der Waals surface area contributed by atoms with E-state index in [1.807, 2.05) is 0 Å². The number of amides is 2. The molecule has 1 aliphatic rings. The summed E-state index contributed by atoms with van der Waals surface area (Å²) in [5.41, 5.74) is 0. The maximum Gasteiger partial charge on any atom is 0.315 e. The van der Waals surface area contributed by atoms with Crippen LogP contribution in [0.5, 0.6) is 0 Å². The molecule has 0 heterocycles. The number of aliphatic hydroxyl groups is 1. The van der Waals surface area contributed by atoms with E-state index in [9.17, 15) is 14.7 Å². The van der Waals surface area contributed by atoms with Crippen LogP contribution >= 0.6 is 0 Å². The highest BCUT2D eigenvalue weighted by atomic mass is 16.4. The molecule has 0 aromatic rings. The summed E-state index contributed by atoms with van der Waals surface area (Å²) in [6.07, 6.45) is 3.26. The normalized spacial score (nSPS) is 25.2. The molecule has 104 valence electrons. The highest BCUT2D eigenvalue weighted by molar-refractivity contribution is 5.74. The van der Waals surface area contributed by atoms with Gasteiger partial charge in [-0.05, 0) is 39.0 Å². The summed E-state index contributed by atoms with van der Waals surface area (Å²) in [7, 11) is 0. The molecular formula is C12H22N2O4. The zero-order valence-electron chi connectivity index (χ0n) is 10.7. The SMILES string of the molecule is CC(CCC(=O)O)NC(=O)NC1CCC(O)CC1. The third-order valence-corrected chi connectivity index (χ3v) is 3.20. The smallest absolute Gasteiger partial charge is 0.315 e. The lowest BCUT2D eigenvalue weighted by Gasteiger charge is -2.26. The summed E-state index contributed by atoms with van der Waals surface area (Å²) in [6, 6.07) is -0.301. The van der Waals surface area contributed by atoms with Gasteiger partial charge in [-0.2, -0.15) is 0 Å². The lowest BCUT2D eigenvalue weighted by atomic mass is 9.93. The molecule has 0 aliphatic heterocycles. The van der Waals surface area contributed by atoms with Gasteiger partial charge in [0.1, 0.15) is 0 Å². The predicted molar refractivity (Wildman–Crippen MR) is 66.3 cm³/mol. The second kappa shape index (κ2) is 7.20. The first-order valence-electron chi connectivity index (χ1n) is 6.44. The van der Waals surface area contributed by atoms with Crippen LogP contribution in [-0.4, -0.2) is 40.4 Å². The van der Waals surface area contributed by atoms with E-state index in [0.29, 0.717) is 6.42 Å². The van der Waals surface area contributed by atoms with Crippen LogP contribution in [0.25, 0.3) is 0 Å². The molecule has 0 radical (unpaired) electrons. The molecule has 1 rings (SSSR count). The first-order chi connectivity index (χ1) is 8.47. The monoisotopic (exact) mass is 258 g/mol. The van der Waals surface area contributed by atoms with Crippen molar-refractivity contribution in [3.63, 3.8) is 0 Å². The van der Waals surface area contributed by atoms with E-state index in [0.717, 1.165) is 25.7 Å². The Labute approximate surface area is 107 Å². The number of carbonyl (C=O) groups is 2. The van der Waals surface area contributed by atoms with E-state index in [2.05, 4.69) is 10.6 Å². The summed E-state index contributed by atoms with van der Waals surface area (Å²) in [4.78, 5) is 22.0. The van der Waals surface area contributed by atoms with E-state index in [1.54, 1.807) is 6.92 Å². The van der Waals surface area contributed by atoms with Crippen LogP contribution in [0.2, 0.25) is 0 Å². The van der Waals surface area contributed by atoms with E-state index >= 15 is 0 Å². The van der Waals surface area contributed by atoms with E-state index in [4.69, 9.17) is 5.11 Å². The summed E-state index contributed by atoms with van der Waals surface area (Å²) < 4.78 is 0. The number of urea groups is 1.